The van der Waals surface area contributed by atoms with Crippen molar-refractivity contribution in [3.63, 3.8) is 0 Å². The lowest BCUT2D eigenvalue weighted by atomic mass is 10.0. The van der Waals surface area contributed by atoms with Crippen LogP contribution in [0.15, 0.2) is 60.7 Å². The molecule has 0 spiro atoms. The molecule has 148 valence electrons. The summed E-state index contributed by atoms with van der Waals surface area (Å²) in [6.07, 6.45) is 1.99. The first-order valence-electron chi connectivity index (χ1n) is 10.2. The first-order valence-corrected chi connectivity index (χ1v) is 11.0. The fourth-order valence-electron chi connectivity index (χ4n) is 4.14. The van der Waals surface area contributed by atoms with E-state index in [1.54, 1.807) is 11.3 Å². The van der Waals surface area contributed by atoms with E-state index in [4.69, 9.17) is 4.74 Å². The molecule has 0 radical (unpaired) electrons. The predicted octanol–water partition coefficient (Wildman–Crippen LogP) is 4.70. The van der Waals surface area contributed by atoms with Crippen LogP contribution in [0.2, 0.25) is 0 Å². The third-order valence-corrected chi connectivity index (χ3v) is 6.93. The predicted molar refractivity (Wildman–Crippen MR) is 116 cm³/mol. The lowest BCUT2D eigenvalue weighted by Gasteiger charge is -2.32. The molecule has 2 aliphatic rings. The van der Waals surface area contributed by atoms with Crippen LogP contribution in [0.3, 0.4) is 0 Å². The van der Waals surface area contributed by atoms with E-state index in [2.05, 4.69) is 46.6 Å². The van der Waals surface area contributed by atoms with Crippen LogP contribution >= 0.6 is 11.3 Å². The van der Waals surface area contributed by atoms with E-state index in [0.717, 1.165) is 59.1 Å². The Kier molecular flexibility index (Phi) is 5.08. The van der Waals surface area contributed by atoms with E-state index in [-0.39, 0.29) is 11.9 Å². The fraction of sp³-hybridized carbons (Fsp3) is 0.292. The van der Waals surface area contributed by atoms with Crippen molar-refractivity contribution in [2.24, 2.45) is 0 Å². The first-order chi connectivity index (χ1) is 14.3. The van der Waals surface area contributed by atoms with Crippen molar-refractivity contribution in [2.75, 3.05) is 13.1 Å². The van der Waals surface area contributed by atoms with Gasteiger partial charge in [-0.05, 0) is 36.6 Å². The lowest BCUT2D eigenvalue weighted by molar-refractivity contribution is 0.0913. The first kappa shape index (κ1) is 18.4. The van der Waals surface area contributed by atoms with Gasteiger partial charge >= 0.3 is 0 Å². The second-order valence-corrected chi connectivity index (χ2v) is 8.81. The number of ether oxygens (including phenoxy) is 1. The lowest BCUT2D eigenvalue weighted by Crippen LogP contribution is -2.44. The molecule has 0 atom stereocenters. The number of amides is 1. The van der Waals surface area contributed by atoms with Gasteiger partial charge in [0.2, 0.25) is 0 Å². The highest BCUT2D eigenvalue weighted by atomic mass is 32.1. The third kappa shape index (κ3) is 3.93. The molecule has 1 fully saturated rings. The number of piperidine rings is 1. The Hall–Kier alpha value is -2.63. The molecule has 2 aliphatic heterocycles. The van der Waals surface area contributed by atoms with Crippen LogP contribution in [-0.4, -0.2) is 29.9 Å². The number of hydrogen-bond acceptors (Lipinski definition) is 4. The van der Waals surface area contributed by atoms with Crippen molar-refractivity contribution >= 4 is 17.2 Å². The average molecular weight is 405 g/mol. The zero-order valence-corrected chi connectivity index (χ0v) is 17.1. The summed E-state index contributed by atoms with van der Waals surface area (Å²) in [7, 11) is 0. The van der Waals surface area contributed by atoms with Gasteiger partial charge in [0.25, 0.3) is 5.91 Å². The monoisotopic (exact) mass is 404 g/mol. The molecule has 4 nitrogen and oxygen atoms in total. The van der Waals surface area contributed by atoms with Gasteiger partial charge in [0, 0.05) is 41.7 Å². The van der Waals surface area contributed by atoms with Gasteiger partial charge < -0.3 is 10.1 Å². The van der Waals surface area contributed by atoms with Crippen molar-refractivity contribution in [1.82, 2.24) is 10.2 Å². The molecular formula is C24H24N2O2S. The van der Waals surface area contributed by atoms with E-state index in [1.807, 2.05) is 24.3 Å². The maximum atomic E-state index is 12.9. The summed E-state index contributed by atoms with van der Waals surface area (Å²) in [5, 5.41) is 3.26. The van der Waals surface area contributed by atoms with Crippen molar-refractivity contribution in [3.05, 3.63) is 76.7 Å². The topological polar surface area (TPSA) is 41.6 Å². The number of rotatable bonds is 4. The molecule has 1 aromatic heterocycles. The molecule has 5 heteroatoms. The normalized spacial score (nSPS) is 16.6. The van der Waals surface area contributed by atoms with Crippen LogP contribution in [-0.2, 0) is 13.2 Å². The molecule has 0 saturated carbocycles. The number of nitrogens with one attached hydrogen (secondary N) is 1. The maximum absolute atomic E-state index is 12.9. The molecule has 3 heterocycles. The Bertz CT molecular complexity index is 1010. The second kappa shape index (κ2) is 8.01. The molecule has 2 aromatic carbocycles. The highest BCUT2D eigenvalue weighted by molar-refractivity contribution is 7.17. The zero-order chi connectivity index (χ0) is 19.6. The second-order valence-electron chi connectivity index (χ2n) is 7.76. The summed E-state index contributed by atoms with van der Waals surface area (Å²) in [6.45, 7) is 3.55. The number of thiophene rings is 1. The highest BCUT2D eigenvalue weighted by Gasteiger charge is 2.25. The number of para-hydroxylation sites is 1. The van der Waals surface area contributed by atoms with Crippen LogP contribution < -0.4 is 10.1 Å². The van der Waals surface area contributed by atoms with Gasteiger partial charge in [0.1, 0.15) is 12.4 Å². The summed E-state index contributed by atoms with van der Waals surface area (Å²) in [6, 6.07) is 20.9. The molecule has 1 amide bonds. The summed E-state index contributed by atoms with van der Waals surface area (Å²) >= 11 is 1.57. The van der Waals surface area contributed by atoms with E-state index in [9.17, 15) is 4.79 Å². The maximum Gasteiger partial charge on any atom is 0.261 e. The smallest absolute Gasteiger partial charge is 0.261 e. The fourth-order valence-corrected chi connectivity index (χ4v) is 5.25. The van der Waals surface area contributed by atoms with Crippen LogP contribution in [0, 0.1) is 0 Å². The highest BCUT2D eigenvalue weighted by Crippen LogP contribution is 2.42. The van der Waals surface area contributed by atoms with Gasteiger partial charge in [-0.2, -0.15) is 0 Å². The molecule has 1 saturated heterocycles. The number of carbonyl (C=O) groups is 1. The quantitative estimate of drug-likeness (QED) is 0.685. The van der Waals surface area contributed by atoms with Gasteiger partial charge in [0.15, 0.2) is 0 Å². The van der Waals surface area contributed by atoms with Gasteiger partial charge in [-0.1, -0.05) is 42.5 Å². The molecule has 29 heavy (non-hydrogen) atoms. The van der Waals surface area contributed by atoms with Crippen LogP contribution in [0.5, 0.6) is 5.75 Å². The Morgan fingerprint density at radius 2 is 1.83 bits per heavy atom. The Labute approximate surface area is 175 Å². The number of hydrogen-bond donors (Lipinski definition) is 1. The minimum Gasteiger partial charge on any atom is -0.488 e. The zero-order valence-electron chi connectivity index (χ0n) is 16.3. The Morgan fingerprint density at radius 1 is 1.07 bits per heavy atom. The number of likely N-dealkylation sites (tertiary alicyclic amines) is 1. The molecule has 0 unspecified atom stereocenters. The Morgan fingerprint density at radius 3 is 2.66 bits per heavy atom. The minimum absolute atomic E-state index is 0.0448. The molecule has 3 aromatic rings. The SMILES string of the molecule is O=C(NC1CCN(Cc2ccccc2)CC1)c1cc2c(s1)-c1ccccc1OC2. The Balaban J connectivity index is 1.20. The molecular weight excluding hydrogens is 380 g/mol. The van der Waals surface area contributed by atoms with Crippen LogP contribution in [0.4, 0.5) is 0 Å². The van der Waals surface area contributed by atoms with Gasteiger partial charge in [-0.3, -0.25) is 9.69 Å². The molecule has 1 N–H and O–H groups in total. The third-order valence-electron chi connectivity index (χ3n) is 5.72. The van der Waals surface area contributed by atoms with E-state index < -0.39 is 0 Å². The molecule has 0 aliphatic carbocycles. The molecule has 5 rings (SSSR count). The van der Waals surface area contributed by atoms with Crippen LogP contribution in [0.1, 0.15) is 33.6 Å². The number of nitrogens with zero attached hydrogens (tertiary/aromatic N) is 1. The van der Waals surface area contributed by atoms with E-state index >= 15 is 0 Å². The van der Waals surface area contributed by atoms with Crippen molar-refractivity contribution in [1.29, 1.82) is 0 Å². The number of fused-ring (bicyclic) bond motifs is 3. The molecule has 0 bridgehead atoms. The summed E-state index contributed by atoms with van der Waals surface area (Å²) in [5.74, 6) is 0.947. The number of carbonyl (C=O) groups excluding carboxylic acids is 1. The standard InChI is InChI=1S/C24H24N2O2S/c27-24(22-14-18-16-28-21-9-5-4-8-20(21)23(18)29-22)25-19-10-12-26(13-11-19)15-17-6-2-1-3-7-17/h1-9,14,19H,10-13,15-16H2,(H,25,27). The number of benzene rings is 2. The summed E-state index contributed by atoms with van der Waals surface area (Å²) in [4.78, 5) is 17.3. The van der Waals surface area contributed by atoms with Crippen molar-refractivity contribution < 1.29 is 9.53 Å². The van der Waals surface area contributed by atoms with Gasteiger partial charge in [-0.15, -0.1) is 11.3 Å². The van der Waals surface area contributed by atoms with E-state index in [1.165, 1.54) is 5.56 Å². The van der Waals surface area contributed by atoms with E-state index in [0.29, 0.717) is 6.61 Å². The summed E-state index contributed by atoms with van der Waals surface area (Å²) < 4.78 is 5.82. The average Bonchev–Trinajstić information content (AvgIpc) is 3.21. The van der Waals surface area contributed by atoms with Gasteiger partial charge in [0.05, 0.1) is 4.88 Å². The summed E-state index contributed by atoms with van der Waals surface area (Å²) in [5.41, 5.74) is 3.55. The van der Waals surface area contributed by atoms with Crippen molar-refractivity contribution in [2.45, 2.75) is 32.0 Å². The van der Waals surface area contributed by atoms with Gasteiger partial charge in [-0.25, -0.2) is 0 Å². The largest absolute Gasteiger partial charge is 0.488 e. The van der Waals surface area contributed by atoms with Crippen molar-refractivity contribution in [3.8, 4) is 16.2 Å². The van der Waals surface area contributed by atoms with Crippen LogP contribution in [0.25, 0.3) is 10.4 Å². The minimum atomic E-state index is 0.0448.